The Kier molecular flexibility index (Phi) is 6.31. The summed E-state index contributed by atoms with van der Waals surface area (Å²) in [4.78, 5) is 0. The Hall–Kier alpha value is -0.0400. The summed E-state index contributed by atoms with van der Waals surface area (Å²) >= 11 is 0. The molecule has 3 atom stereocenters. The molecule has 0 aliphatic heterocycles. The molecule has 0 amide bonds. The molecule has 15 heavy (non-hydrogen) atoms. The highest BCUT2D eigenvalue weighted by Gasteiger charge is 2.25. The van der Waals surface area contributed by atoms with Crippen molar-refractivity contribution in [1.29, 1.82) is 0 Å². The van der Waals surface area contributed by atoms with Crippen LogP contribution in [0.4, 0.5) is 0 Å². The van der Waals surface area contributed by atoms with E-state index < -0.39 is 0 Å². The molecule has 0 aromatic carbocycles. The maximum atomic E-state index is 3.71. The van der Waals surface area contributed by atoms with Crippen LogP contribution in [0.2, 0.25) is 0 Å². The van der Waals surface area contributed by atoms with Crippen molar-refractivity contribution in [1.82, 2.24) is 5.32 Å². The zero-order valence-corrected chi connectivity index (χ0v) is 10.9. The molecule has 1 rings (SSSR count). The molecule has 90 valence electrons. The predicted octanol–water partition coefficient (Wildman–Crippen LogP) is 3.98. The number of nitrogens with one attached hydrogen (secondary N) is 1. The van der Waals surface area contributed by atoms with Crippen molar-refractivity contribution >= 4 is 0 Å². The molecule has 0 aromatic rings. The van der Waals surface area contributed by atoms with Gasteiger partial charge in [0.05, 0.1) is 0 Å². The van der Waals surface area contributed by atoms with Gasteiger partial charge >= 0.3 is 0 Å². The first-order valence-corrected chi connectivity index (χ1v) is 7.01. The van der Waals surface area contributed by atoms with Gasteiger partial charge in [0.2, 0.25) is 0 Å². The summed E-state index contributed by atoms with van der Waals surface area (Å²) in [7, 11) is 0. The summed E-state index contributed by atoms with van der Waals surface area (Å²) in [5, 5.41) is 3.71. The molecule has 1 saturated carbocycles. The second kappa shape index (κ2) is 7.27. The SMILES string of the molecule is CCCCC(NCC)C1CCCC(C)C1. The minimum atomic E-state index is 0.803. The van der Waals surface area contributed by atoms with E-state index in [1.807, 2.05) is 0 Å². The fraction of sp³-hybridized carbons (Fsp3) is 1.00. The van der Waals surface area contributed by atoms with E-state index in [1.54, 1.807) is 0 Å². The monoisotopic (exact) mass is 211 g/mol. The molecule has 3 unspecified atom stereocenters. The topological polar surface area (TPSA) is 12.0 Å². The molecule has 0 bridgehead atoms. The van der Waals surface area contributed by atoms with Crippen LogP contribution in [0.5, 0.6) is 0 Å². The van der Waals surface area contributed by atoms with Gasteiger partial charge in [0.1, 0.15) is 0 Å². The van der Waals surface area contributed by atoms with Crippen LogP contribution in [0.3, 0.4) is 0 Å². The molecule has 0 saturated heterocycles. The molecule has 0 aromatic heterocycles. The molecular formula is C14H29N. The third-order valence-electron chi connectivity index (χ3n) is 3.88. The van der Waals surface area contributed by atoms with Crippen molar-refractivity contribution in [3.63, 3.8) is 0 Å². The van der Waals surface area contributed by atoms with Crippen LogP contribution in [0, 0.1) is 11.8 Å². The van der Waals surface area contributed by atoms with Crippen LogP contribution in [-0.4, -0.2) is 12.6 Å². The number of hydrogen-bond acceptors (Lipinski definition) is 1. The lowest BCUT2D eigenvalue weighted by Crippen LogP contribution is -2.38. The molecule has 1 heteroatoms. The number of rotatable bonds is 6. The third-order valence-corrected chi connectivity index (χ3v) is 3.88. The minimum absolute atomic E-state index is 0.803. The van der Waals surface area contributed by atoms with E-state index in [4.69, 9.17) is 0 Å². The Bertz CT molecular complexity index is 155. The average molecular weight is 211 g/mol. The lowest BCUT2D eigenvalue weighted by molar-refractivity contribution is 0.214. The lowest BCUT2D eigenvalue weighted by Gasteiger charge is -2.34. The van der Waals surface area contributed by atoms with Crippen molar-refractivity contribution < 1.29 is 0 Å². The zero-order chi connectivity index (χ0) is 11.1. The van der Waals surface area contributed by atoms with Gasteiger partial charge in [-0.2, -0.15) is 0 Å². The van der Waals surface area contributed by atoms with Crippen LogP contribution in [-0.2, 0) is 0 Å². The minimum Gasteiger partial charge on any atom is -0.314 e. The van der Waals surface area contributed by atoms with Gasteiger partial charge in [0.15, 0.2) is 0 Å². The molecule has 0 radical (unpaired) electrons. The molecule has 1 aliphatic rings. The quantitative estimate of drug-likeness (QED) is 0.700. The van der Waals surface area contributed by atoms with Gasteiger partial charge in [0, 0.05) is 6.04 Å². The maximum absolute atomic E-state index is 3.71. The van der Waals surface area contributed by atoms with Crippen LogP contribution < -0.4 is 5.32 Å². The molecule has 1 N–H and O–H groups in total. The second-order valence-electron chi connectivity index (χ2n) is 5.34. The van der Waals surface area contributed by atoms with Crippen molar-refractivity contribution in [2.24, 2.45) is 11.8 Å². The van der Waals surface area contributed by atoms with E-state index in [0.29, 0.717) is 0 Å². The lowest BCUT2D eigenvalue weighted by atomic mass is 9.77. The summed E-state index contributed by atoms with van der Waals surface area (Å²) in [6.07, 6.45) is 9.96. The highest BCUT2D eigenvalue weighted by Crippen LogP contribution is 2.32. The molecular weight excluding hydrogens is 182 g/mol. The Labute approximate surface area is 96.0 Å². The van der Waals surface area contributed by atoms with E-state index in [9.17, 15) is 0 Å². The first-order chi connectivity index (χ1) is 7.27. The van der Waals surface area contributed by atoms with Gasteiger partial charge in [-0.3, -0.25) is 0 Å². The normalized spacial score (nSPS) is 29.0. The highest BCUT2D eigenvalue weighted by molar-refractivity contribution is 4.81. The first-order valence-electron chi connectivity index (χ1n) is 7.01. The first kappa shape index (κ1) is 13.0. The van der Waals surface area contributed by atoms with Crippen LogP contribution >= 0.6 is 0 Å². The van der Waals surface area contributed by atoms with Crippen LogP contribution in [0.15, 0.2) is 0 Å². The summed E-state index contributed by atoms with van der Waals surface area (Å²) < 4.78 is 0. The number of unbranched alkanes of at least 4 members (excludes halogenated alkanes) is 1. The van der Waals surface area contributed by atoms with Gasteiger partial charge in [0.25, 0.3) is 0 Å². The van der Waals surface area contributed by atoms with Gasteiger partial charge in [-0.05, 0) is 37.6 Å². The standard InChI is InChI=1S/C14H29N/c1-4-6-10-14(15-5-2)13-9-7-8-12(3)11-13/h12-15H,4-11H2,1-3H3. The van der Waals surface area contributed by atoms with Crippen molar-refractivity contribution in [3.8, 4) is 0 Å². The van der Waals surface area contributed by atoms with Gasteiger partial charge in [-0.15, -0.1) is 0 Å². The Morgan fingerprint density at radius 2 is 2.07 bits per heavy atom. The zero-order valence-electron chi connectivity index (χ0n) is 10.9. The Morgan fingerprint density at radius 1 is 1.27 bits per heavy atom. The maximum Gasteiger partial charge on any atom is 0.00953 e. The number of hydrogen-bond donors (Lipinski definition) is 1. The van der Waals surface area contributed by atoms with Gasteiger partial charge in [-0.1, -0.05) is 46.5 Å². The van der Waals surface area contributed by atoms with E-state index in [2.05, 4.69) is 26.1 Å². The largest absolute Gasteiger partial charge is 0.314 e. The fourth-order valence-electron chi connectivity index (χ4n) is 3.04. The van der Waals surface area contributed by atoms with Gasteiger partial charge in [-0.25, -0.2) is 0 Å². The van der Waals surface area contributed by atoms with E-state index in [1.165, 1.54) is 44.9 Å². The molecule has 1 fully saturated rings. The average Bonchev–Trinajstić information content (AvgIpc) is 2.24. The van der Waals surface area contributed by atoms with Crippen molar-refractivity contribution in [2.45, 2.75) is 71.8 Å². The Morgan fingerprint density at radius 3 is 2.67 bits per heavy atom. The third kappa shape index (κ3) is 4.55. The van der Waals surface area contributed by atoms with E-state index in [-0.39, 0.29) is 0 Å². The summed E-state index contributed by atoms with van der Waals surface area (Å²) in [5.41, 5.74) is 0. The predicted molar refractivity (Wildman–Crippen MR) is 68.1 cm³/mol. The molecule has 0 spiro atoms. The Balaban J connectivity index is 2.38. The van der Waals surface area contributed by atoms with E-state index >= 15 is 0 Å². The smallest absolute Gasteiger partial charge is 0.00953 e. The summed E-state index contributed by atoms with van der Waals surface area (Å²) in [5.74, 6) is 1.92. The summed E-state index contributed by atoms with van der Waals surface area (Å²) in [6, 6.07) is 0.803. The molecule has 0 heterocycles. The fourth-order valence-corrected chi connectivity index (χ4v) is 3.04. The van der Waals surface area contributed by atoms with Crippen LogP contribution in [0.1, 0.15) is 65.7 Å². The molecule has 1 nitrogen and oxygen atoms in total. The molecule has 1 aliphatic carbocycles. The van der Waals surface area contributed by atoms with Crippen molar-refractivity contribution in [3.05, 3.63) is 0 Å². The second-order valence-corrected chi connectivity index (χ2v) is 5.34. The highest BCUT2D eigenvalue weighted by atomic mass is 14.9. The van der Waals surface area contributed by atoms with Crippen molar-refractivity contribution in [2.75, 3.05) is 6.54 Å². The van der Waals surface area contributed by atoms with E-state index in [0.717, 1.165) is 24.4 Å². The summed E-state index contributed by atoms with van der Waals surface area (Å²) in [6.45, 7) is 8.10. The van der Waals surface area contributed by atoms with Gasteiger partial charge < -0.3 is 5.32 Å². The van der Waals surface area contributed by atoms with Crippen LogP contribution in [0.25, 0.3) is 0 Å².